The first-order valence-electron chi connectivity index (χ1n) is 11.4. The molecule has 14 heteroatoms. The third kappa shape index (κ3) is 6.23. The van der Waals surface area contributed by atoms with Crippen LogP contribution in [0.1, 0.15) is 47.4 Å². The highest BCUT2D eigenvalue weighted by atomic mass is 35.5. The van der Waals surface area contributed by atoms with E-state index in [9.17, 15) is 41.0 Å². The summed E-state index contributed by atoms with van der Waals surface area (Å²) in [5, 5.41) is 15.3. The molecule has 6 nitrogen and oxygen atoms in total. The molecule has 206 valence electrons. The number of urea groups is 1. The Hall–Kier alpha value is -2.86. The number of likely N-dealkylation sites (tertiary alicyclic amines) is 1. The topological polar surface area (TPSA) is 81.7 Å². The molecule has 0 aromatic heterocycles. The second kappa shape index (κ2) is 10.0. The highest BCUT2D eigenvalue weighted by Crippen LogP contribution is 2.48. The maximum atomic E-state index is 13.3. The van der Waals surface area contributed by atoms with Crippen molar-refractivity contribution in [3.8, 4) is 0 Å². The normalized spacial score (nSPS) is 21.1. The smallest absolute Gasteiger partial charge is 0.416 e. The van der Waals surface area contributed by atoms with E-state index in [1.54, 1.807) is 12.1 Å². The first kappa shape index (κ1) is 28.2. The zero-order chi connectivity index (χ0) is 28.0. The zero-order valence-electron chi connectivity index (χ0n) is 19.4. The summed E-state index contributed by atoms with van der Waals surface area (Å²) in [4.78, 5) is 25.7. The van der Waals surface area contributed by atoms with Gasteiger partial charge in [-0.2, -0.15) is 26.3 Å². The first-order chi connectivity index (χ1) is 17.6. The van der Waals surface area contributed by atoms with Crippen molar-refractivity contribution in [3.05, 3.63) is 68.7 Å². The van der Waals surface area contributed by atoms with Gasteiger partial charge in [0.2, 0.25) is 0 Å². The van der Waals surface area contributed by atoms with Crippen molar-refractivity contribution in [1.82, 2.24) is 15.5 Å². The molecule has 3 amide bonds. The SMILES string of the molecule is O=C(N[C@@H]1CCN(C(=O)O)C[C@H]1c1cc(Cl)cc(Cl)c1)NC1(c2cc(C(F)(F)F)cc(C(F)(F)F)c2)CC1. The number of halogens is 8. The molecule has 2 fully saturated rings. The number of carbonyl (C=O) groups excluding carboxylic acids is 1. The Bertz CT molecular complexity index is 1200. The minimum Gasteiger partial charge on any atom is -0.465 e. The Kier molecular flexibility index (Phi) is 7.43. The molecule has 2 atom stereocenters. The fraction of sp³-hybridized carbons (Fsp3) is 0.417. The summed E-state index contributed by atoms with van der Waals surface area (Å²) in [6.07, 6.45) is -10.7. The monoisotopic (exact) mass is 583 g/mol. The largest absolute Gasteiger partial charge is 0.465 e. The predicted molar refractivity (Wildman–Crippen MR) is 126 cm³/mol. The summed E-state index contributed by atoms with van der Waals surface area (Å²) in [5.41, 5.74) is -4.06. The van der Waals surface area contributed by atoms with Crippen molar-refractivity contribution in [1.29, 1.82) is 0 Å². The number of rotatable bonds is 4. The maximum absolute atomic E-state index is 13.3. The number of alkyl halides is 6. The lowest BCUT2D eigenvalue weighted by Gasteiger charge is -2.38. The Morgan fingerprint density at radius 1 is 0.921 bits per heavy atom. The van der Waals surface area contributed by atoms with Crippen LogP contribution in [-0.2, 0) is 17.9 Å². The van der Waals surface area contributed by atoms with Gasteiger partial charge in [0.25, 0.3) is 0 Å². The second-order valence-electron chi connectivity index (χ2n) is 9.41. The third-order valence-corrected chi connectivity index (χ3v) is 7.19. The summed E-state index contributed by atoms with van der Waals surface area (Å²) in [5.74, 6) is -0.567. The average Bonchev–Trinajstić information content (AvgIpc) is 3.57. The van der Waals surface area contributed by atoms with Crippen LogP contribution >= 0.6 is 23.2 Å². The van der Waals surface area contributed by atoms with Crippen LogP contribution in [0.2, 0.25) is 10.0 Å². The van der Waals surface area contributed by atoms with Crippen LogP contribution in [0.4, 0.5) is 35.9 Å². The first-order valence-corrected chi connectivity index (χ1v) is 12.2. The molecular formula is C24H21Cl2F6N3O3. The number of benzene rings is 2. The fourth-order valence-corrected chi connectivity index (χ4v) is 5.23. The van der Waals surface area contributed by atoms with E-state index in [2.05, 4.69) is 10.6 Å². The van der Waals surface area contributed by atoms with Gasteiger partial charge in [-0.05, 0) is 66.8 Å². The maximum Gasteiger partial charge on any atom is 0.416 e. The van der Waals surface area contributed by atoms with E-state index in [0.29, 0.717) is 27.7 Å². The Morgan fingerprint density at radius 3 is 1.95 bits per heavy atom. The lowest BCUT2D eigenvalue weighted by molar-refractivity contribution is -0.143. The molecule has 2 aliphatic rings. The number of carbonyl (C=O) groups is 2. The molecule has 4 rings (SSSR count). The molecule has 0 radical (unpaired) electrons. The zero-order valence-corrected chi connectivity index (χ0v) is 20.9. The number of amides is 3. The third-order valence-electron chi connectivity index (χ3n) is 6.76. The van der Waals surface area contributed by atoms with Crippen molar-refractivity contribution < 1.29 is 41.0 Å². The van der Waals surface area contributed by atoms with Crippen LogP contribution in [0, 0.1) is 0 Å². The molecule has 1 saturated carbocycles. The Labute approximate surface area is 222 Å². The standard InChI is InChI=1S/C24H21Cl2F6N3O3/c25-16-5-12(6-17(26)10-16)18-11-35(21(37)38)4-1-19(18)33-20(36)34-22(2-3-22)13-7-14(23(27,28)29)9-15(8-13)24(30,31)32/h5-10,18-19H,1-4,11H2,(H,37,38)(H2,33,34,36)/t18-,19+/m0/s1. The molecule has 0 spiro atoms. The number of hydrogen-bond donors (Lipinski definition) is 3. The van der Waals surface area contributed by atoms with Crippen LogP contribution < -0.4 is 10.6 Å². The number of piperidine rings is 1. The molecule has 1 aliphatic heterocycles. The lowest BCUT2D eigenvalue weighted by atomic mass is 9.86. The van der Waals surface area contributed by atoms with Crippen molar-refractivity contribution in [2.75, 3.05) is 13.1 Å². The van der Waals surface area contributed by atoms with Gasteiger partial charge in [-0.25, -0.2) is 9.59 Å². The summed E-state index contributed by atoms with van der Waals surface area (Å²) >= 11 is 12.2. The van der Waals surface area contributed by atoms with Gasteiger partial charge < -0.3 is 20.6 Å². The predicted octanol–water partition coefficient (Wildman–Crippen LogP) is 6.86. The average molecular weight is 584 g/mol. The van der Waals surface area contributed by atoms with Gasteiger partial charge in [-0.15, -0.1) is 0 Å². The van der Waals surface area contributed by atoms with E-state index in [4.69, 9.17) is 23.2 Å². The van der Waals surface area contributed by atoms with Crippen molar-refractivity contribution in [2.45, 2.75) is 49.1 Å². The van der Waals surface area contributed by atoms with Crippen molar-refractivity contribution >= 4 is 35.3 Å². The Balaban J connectivity index is 1.57. The minimum atomic E-state index is -5.02. The number of nitrogens with zero attached hydrogens (tertiary/aromatic N) is 1. The highest BCUT2D eigenvalue weighted by Gasteiger charge is 2.49. The lowest BCUT2D eigenvalue weighted by Crippen LogP contribution is -2.54. The van der Waals surface area contributed by atoms with Gasteiger partial charge in [0.15, 0.2) is 0 Å². The quantitative estimate of drug-likeness (QED) is 0.344. The van der Waals surface area contributed by atoms with Gasteiger partial charge in [0, 0.05) is 35.1 Å². The summed E-state index contributed by atoms with van der Waals surface area (Å²) in [6, 6.07) is 4.50. The molecule has 1 aliphatic carbocycles. The summed E-state index contributed by atoms with van der Waals surface area (Å²) in [6.45, 7) is 0.101. The second-order valence-corrected chi connectivity index (χ2v) is 10.3. The molecule has 0 unspecified atom stereocenters. The van der Waals surface area contributed by atoms with E-state index < -0.39 is 53.1 Å². The van der Waals surface area contributed by atoms with Gasteiger partial charge in [-0.3, -0.25) is 0 Å². The van der Waals surface area contributed by atoms with Crippen LogP contribution in [0.25, 0.3) is 0 Å². The molecule has 38 heavy (non-hydrogen) atoms. The molecule has 0 bridgehead atoms. The van der Waals surface area contributed by atoms with Crippen LogP contribution in [0.5, 0.6) is 0 Å². The molecule has 1 saturated heterocycles. The molecule has 3 N–H and O–H groups in total. The van der Waals surface area contributed by atoms with Gasteiger partial charge >= 0.3 is 24.5 Å². The molecule has 2 aromatic carbocycles. The van der Waals surface area contributed by atoms with E-state index in [1.165, 1.54) is 11.0 Å². The highest BCUT2D eigenvalue weighted by molar-refractivity contribution is 6.34. The number of hydrogen-bond acceptors (Lipinski definition) is 2. The Morgan fingerprint density at radius 2 is 1.47 bits per heavy atom. The molecule has 2 aromatic rings. The van der Waals surface area contributed by atoms with Crippen molar-refractivity contribution in [3.63, 3.8) is 0 Å². The van der Waals surface area contributed by atoms with Crippen LogP contribution in [-0.4, -0.2) is 41.3 Å². The van der Waals surface area contributed by atoms with Crippen LogP contribution in [0.3, 0.4) is 0 Å². The minimum absolute atomic E-state index is 0.00463. The molecule has 1 heterocycles. The van der Waals surface area contributed by atoms with Crippen molar-refractivity contribution in [2.24, 2.45) is 0 Å². The number of nitrogens with one attached hydrogen (secondary N) is 2. The van der Waals surface area contributed by atoms with Gasteiger partial charge in [-0.1, -0.05) is 23.2 Å². The van der Waals surface area contributed by atoms with Gasteiger partial charge in [0.05, 0.1) is 16.7 Å². The fourth-order valence-electron chi connectivity index (χ4n) is 4.69. The molecular weight excluding hydrogens is 563 g/mol. The summed E-state index contributed by atoms with van der Waals surface area (Å²) < 4.78 is 80.0. The van der Waals surface area contributed by atoms with E-state index in [0.717, 1.165) is 0 Å². The van der Waals surface area contributed by atoms with Gasteiger partial charge in [0.1, 0.15) is 0 Å². The van der Waals surface area contributed by atoms with E-state index in [1.807, 2.05) is 0 Å². The van der Waals surface area contributed by atoms with E-state index in [-0.39, 0.29) is 44.0 Å². The van der Waals surface area contributed by atoms with E-state index >= 15 is 0 Å². The number of carboxylic acid groups (broad SMARTS) is 1. The van der Waals surface area contributed by atoms with Crippen LogP contribution in [0.15, 0.2) is 36.4 Å². The summed E-state index contributed by atoms with van der Waals surface area (Å²) in [7, 11) is 0.